The van der Waals surface area contributed by atoms with Gasteiger partial charge in [-0.3, -0.25) is 0 Å². The molecule has 2 unspecified atom stereocenters. The summed E-state index contributed by atoms with van der Waals surface area (Å²) >= 11 is 0. The molecule has 20 heavy (non-hydrogen) atoms. The van der Waals surface area contributed by atoms with Crippen LogP contribution in [0.25, 0.3) is 0 Å². The molecule has 0 radical (unpaired) electrons. The van der Waals surface area contributed by atoms with Gasteiger partial charge in [0.25, 0.3) is 10.2 Å². The summed E-state index contributed by atoms with van der Waals surface area (Å²) in [4.78, 5) is 0. The molecule has 0 saturated carbocycles. The third-order valence-corrected chi connectivity index (χ3v) is 6.14. The predicted octanol–water partition coefficient (Wildman–Crippen LogP) is 0.414. The number of piperidine rings is 1. The van der Waals surface area contributed by atoms with E-state index in [1.807, 2.05) is 20.8 Å². The molecule has 7 heteroatoms. The Kier molecular flexibility index (Phi) is 5.42. The predicted molar refractivity (Wildman–Crippen MR) is 78.8 cm³/mol. The van der Waals surface area contributed by atoms with Crippen molar-refractivity contribution in [2.24, 2.45) is 0 Å². The SMILES string of the molecule is CCN(C1CCNCC1)S(=O)(=O)N1CC(C)OC(C)C1. The maximum absolute atomic E-state index is 12.9. The van der Waals surface area contributed by atoms with E-state index in [-0.39, 0.29) is 18.2 Å². The molecule has 0 spiro atoms. The van der Waals surface area contributed by atoms with Gasteiger partial charge in [-0.15, -0.1) is 0 Å². The number of hydrogen-bond acceptors (Lipinski definition) is 4. The van der Waals surface area contributed by atoms with Gasteiger partial charge in [-0.2, -0.15) is 17.0 Å². The van der Waals surface area contributed by atoms with Crippen LogP contribution in [0.5, 0.6) is 0 Å². The Bertz CT molecular complexity index is 399. The van der Waals surface area contributed by atoms with Crippen molar-refractivity contribution in [3.63, 3.8) is 0 Å². The molecule has 2 heterocycles. The summed E-state index contributed by atoms with van der Waals surface area (Å²) in [5.74, 6) is 0. The molecule has 0 bridgehead atoms. The molecule has 0 aromatic heterocycles. The van der Waals surface area contributed by atoms with Crippen molar-refractivity contribution in [3.05, 3.63) is 0 Å². The van der Waals surface area contributed by atoms with E-state index in [0.717, 1.165) is 25.9 Å². The largest absolute Gasteiger partial charge is 0.373 e. The summed E-state index contributed by atoms with van der Waals surface area (Å²) in [6.07, 6.45) is 1.70. The van der Waals surface area contributed by atoms with Crippen molar-refractivity contribution in [1.29, 1.82) is 0 Å². The highest BCUT2D eigenvalue weighted by atomic mass is 32.2. The Morgan fingerprint density at radius 1 is 1.20 bits per heavy atom. The highest BCUT2D eigenvalue weighted by molar-refractivity contribution is 7.86. The summed E-state index contributed by atoms with van der Waals surface area (Å²) in [5.41, 5.74) is 0. The third kappa shape index (κ3) is 3.51. The van der Waals surface area contributed by atoms with Crippen LogP contribution in [-0.2, 0) is 14.9 Å². The summed E-state index contributed by atoms with van der Waals surface area (Å²) < 4.78 is 34.7. The molecule has 118 valence electrons. The standard InChI is InChI=1S/C13H27N3O3S/c1-4-16(13-5-7-14-8-6-13)20(17,18)15-9-11(2)19-12(3)10-15/h11-14H,4-10H2,1-3H3. The molecule has 2 fully saturated rings. The van der Waals surface area contributed by atoms with Crippen LogP contribution in [0.4, 0.5) is 0 Å². The first-order valence-electron chi connectivity index (χ1n) is 7.58. The molecule has 0 aliphatic carbocycles. The van der Waals surface area contributed by atoms with Gasteiger partial charge >= 0.3 is 0 Å². The first-order chi connectivity index (χ1) is 9.45. The number of nitrogens with zero attached hydrogens (tertiary/aromatic N) is 2. The van der Waals surface area contributed by atoms with Crippen LogP contribution in [0.1, 0.15) is 33.6 Å². The molecule has 2 aliphatic heterocycles. The average molecular weight is 305 g/mol. The second-order valence-corrected chi connectivity index (χ2v) is 7.65. The second kappa shape index (κ2) is 6.70. The van der Waals surface area contributed by atoms with Crippen molar-refractivity contribution in [2.75, 3.05) is 32.7 Å². The van der Waals surface area contributed by atoms with Gasteiger partial charge in [0.2, 0.25) is 0 Å². The van der Waals surface area contributed by atoms with Gasteiger partial charge in [-0.1, -0.05) is 6.92 Å². The van der Waals surface area contributed by atoms with E-state index in [4.69, 9.17) is 4.74 Å². The molecular weight excluding hydrogens is 278 g/mol. The van der Waals surface area contributed by atoms with E-state index in [0.29, 0.717) is 19.6 Å². The van der Waals surface area contributed by atoms with Crippen LogP contribution in [0.3, 0.4) is 0 Å². The van der Waals surface area contributed by atoms with Crippen molar-refractivity contribution in [1.82, 2.24) is 13.9 Å². The average Bonchev–Trinajstić information content (AvgIpc) is 2.39. The highest BCUT2D eigenvalue weighted by Gasteiger charge is 2.37. The lowest BCUT2D eigenvalue weighted by atomic mass is 10.1. The zero-order valence-electron chi connectivity index (χ0n) is 12.7. The summed E-state index contributed by atoms with van der Waals surface area (Å²) in [5, 5.41) is 3.28. The number of nitrogens with one attached hydrogen (secondary N) is 1. The Morgan fingerprint density at radius 2 is 1.75 bits per heavy atom. The van der Waals surface area contributed by atoms with E-state index < -0.39 is 10.2 Å². The maximum atomic E-state index is 12.9. The van der Waals surface area contributed by atoms with E-state index in [2.05, 4.69) is 5.32 Å². The molecule has 6 nitrogen and oxygen atoms in total. The maximum Gasteiger partial charge on any atom is 0.282 e. The minimum Gasteiger partial charge on any atom is -0.373 e. The first-order valence-corrected chi connectivity index (χ1v) is 8.98. The van der Waals surface area contributed by atoms with E-state index in [9.17, 15) is 8.42 Å². The van der Waals surface area contributed by atoms with Gasteiger partial charge in [0, 0.05) is 25.7 Å². The fourth-order valence-corrected chi connectivity index (χ4v) is 5.18. The number of morpholine rings is 1. The Morgan fingerprint density at radius 3 is 2.25 bits per heavy atom. The monoisotopic (exact) mass is 305 g/mol. The van der Waals surface area contributed by atoms with Gasteiger partial charge in [-0.05, 0) is 39.8 Å². The molecule has 1 N–H and O–H groups in total. The molecule has 2 saturated heterocycles. The van der Waals surface area contributed by atoms with Crippen molar-refractivity contribution >= 4 is 10.2 Å². The van der Waals surface area contributed by atoms with Crippen LogP contribution in [0.2, 0.25) is 0 Å². The second-order valence-electron chi connectivity index (χ2n) is 5.77. The van der Waals surface area contributed by atoms with Crippen LogP contribution in [-0.4, -0.2) is 68.0 Å². The highest BCUT2D eigenvalue weighted by Crippen LogP contribution is 2.22. The van der Waals surface area contributed by atoms with Crippen LogP contribution in [0.15, 0.2) is 0 Å². The van der Waals surface area contributed by atoms with Gasteiger partial charge in [0.15, 0.2) is 0 Å². The van der Waals surface area contributed by atoms with Crippen molar-refractivity contribution < 1.29 is 13.2 Å². The fraction of sp³-hybridized carbons (Fsp3) is 1.00. The molecule has 0 aromatic rings. The van der Waals surface area contributed by atoms with Gasteiger partial charge < -0.3 is 10.1 Å². The lowest BCUT2D eigenvalue weighted by Crippen LogP contribution is -2.56. The van der Waals surface area contributed by atoms with E-state index in [1.165, 1.54) is 0 Å². The Balaban J connectivity index is 2.13. The molecule has 0 aromatic carbocycles. The normalized spacial score (nSPS) is 30.8. The third-order valence-electron chi connectivity index (χ3n) is 4.04. The van der Waals surface area contributed by atoms with Gasteiger partial charge in [0.1, 0.15) is 0 Å². The summed E-state index contributed by atoms with van der Waals surface area (Å²) in [7, 11) is -3.38. The summed E-state index contributed by atoms with van der Waals surface area (Å²) in [6.45, 7) is 9.01. The first kappa shape index (κ1) is 16.2. The van der Waals surface area contributed by atoms with Crippen LogP contribution < -0.4 is 5.32 Å². The Hall–Kier alpha value is -0.210. The number of hydrogen-bond donors (Lipinski definition) is 1. The molecular formula is C13H27N3O3S. The van der Waals surface area contributed by atoms with Gasteiger partial charge in [0.05, 0.1) is 12.2 Å². The molecule has 2 aliphatic rings. The van der Waals surface area contributed by atoms with Gasteiger partial charge in [-0.25, -0.2) is 0 Å². The number of rotatable bonds is 4. The molecule has 2 atom stereocenters. The minimum atomic E-state index is -3.38. The van der Waals surface area contributed by atoms with Crippen LogP contribution >= 0.6 is 0 Å². The molecule has 0 amide bonds. The van der Waals surface area contributed by atoms with Crippen LogP contribution in [0, 0.1) is 0 Å². The lowest BCUT2D eigenvalue weighted by Gasteiger charge is -2.40. The molecule has 2 rings (SSSR count). The minimum absolute atomic E-state index is 0.0414. The zero-order chi connectivity index (χ0) is 14.8. The van der Waals surface area contributed by atoms with E-state index in [1.54, 1.807) is 8.61 Å². The lowest BCUT2D eigenvalue weighted by molar-refractivity contribution is -0.0458. The van der Waals surface area contributed by atoms with Crippen molar-refractivity contribution in [3.8, 4) is 0 Å². The summed E-state index contributed by atoms with van der Waals surface area (Å²) in [6, 6.07) is 0.125. The topological polar surface area (TPSA) is 61.9 Å². The van der Waals surface area contributed by atoms with Crippen molar-refractivity contribution in [2.45, 2.75) is 51.9 Å². The number of ether oxygens (including phenoxy) is 1. The Labute approximate surface area is 122 Å². The fourth-order valence-electron chi connectivity index (χ4n) is 3.17. The zero-order valence-corrected chi connectivity index (χ0v) is 13.5. The van der Waals surface area contributed by atoms with E-state index >= 15 is 0 Å². The quantitative estimate of drug-likeness (QED) is 0.817. The smallest absolute Gasteiger partial charge is 0.282 e.